The van der Waals surface area contributed by atoms with Crippen LogP contribution in [0.5, 0.6) is 0 Å². The van der Waals surface area contributed by atoms with Gasteiger partial charge in [-0.3, -0.25) is 4.99 Å². The normalized spacial score (nSPS) is 22.9. The predicted molar refractivity (Wildman–Crippen MR) is 86.6 cm³/mol. The number of aliphatic imine (C=N–C) groups is 1. The molecule has 20 heavy (non-hydrogen) atoms. The second-order valence-electron chi connectivity index (χ2n) is 6.37. The van der Waals surface area contributed by atoms with E-state index in [2.05, 4.69) is 39.6 Å². The quantitative estimate of drug-likeness (QED) is 0.683. The lowest BCUT2D eigenvalue weighted by molar-refractivity contribution is 0.151. The molecule has 2 fully saturated rings. The average Bonchev–Trinajstić information content (AvgIpc) is 3.08. The maximum atomic E-state index is 4.48. The van der Waals surface area contributed by atoms with Gasteiger partial charge in [-0.05, 0) is 36.1 Å². The molecule has 0 bridgehead atoms. The fraction of sp³-hybridized carbons (Fsp3) is 0.688. The van der Waals surface area contributed by atoms with Gasteiger partial charge in [-0.2, -0.15) is 0 Å². The number of guanidine groups is 1. The van der Waals surface area contributed by atoms with E-state index >= 15 is 0 Å². The molecule has 1 N–H and O–H groups in total. The monoisotopic (exact) mass is 291 g/mol. The van der Waals surface area contributed by atoms with Gasteiger partial charge >= 0.3 is 0 Å². The number of nitrogens with zero attached hydrogens (tertiary/aromatic N) is 2. The Morgan fingerprint density at radius 1 is 1.50 bits per heavy atom. The van der Waals surface area contributed by atoms with Gasteiger partial charge in [-0.15, -0.1) is 11.3 Å². The van der Waals surface area contributed by atoms with E-state index in [1.807, 2.05) is 18.4 Å². The van der Waals surface area contributed by atoms with Gasteiger partial charge in [0.2, 0.25) is 0 Å². The van der Waals surface area contributed by atoms with Crippen LogP contribution in [-0.4, -0.2) is 37.5 Å². The summed E-state index contributed by atoms with van der Waals surface area (Å²) in [5, 5.41) is 5.72. The van der Waals surface area contributed by atoms with Crippen molar-refractivity contribution in [3.63, 3.8) is 0 Å². The largest absolute Gasteiger partial charge is 0.356 e. The van der Waals surface area contributed by atoms with Crippen molar-refractivity contribution < 1.29 is 0 Å². The summed E-state index contributed by atoms with van der Waals surface area (Å²) in [6.07, 6.45) is 5.63. The molecule has 110 valence electrons. The maximum absolute atomic E-state index is 4.48. The smallest absolute Gasteiger partial charge is 0.193 e. The summed E-state index contributed by atoms with van der Waals surface area (Å²) in [7, 11) is 1.91. The van der Waals surface area contributed by atoms with E-state index in [9.17, 15) is 0 Å². The third kappa shape index (κ3) is 2.71. The van der Waals surface area contributed by atoms with Crippen molar-refractivity contribution in [1.29, 1.82) is 0 Å². The number of nitrogens with one attached hydrogen (secondary N) is 1. The maximum Gasteiger partial charge on any atom is 0.193 e. The number of likely N-dealkylation sites (tertiary alicyclic amines) is 1. The minimum absolute atomic E-state index is 0.548. The molecule has 1 saturated heterocycles. The SMILES string of the molecule is CN=C(NCC(C)c1cccs1)N1CCC2(CCC2)C1. The Bertz CT molecular complexity index is 462. The first kappa shape index (κ1) is 13.9. The molecule has 2 heterocycles. The van der Waals surface area contributed by atoms with Gasteiger partial charge in [-0.1, -0.05) is 19.4 Å². The zero-order valence-electron chi connectivity index (χ0n) is 12.6. The summed E-state index contributed by atoms with van der Waals surface area (Å²) in [5.41, 5.74) is 0.636. The second-order valence-corrected chi connectivity index (χ2v) is 7.35. The summed E-state index contributed by atoms with van der Waals surface area (Å²) >= 11 is 1.84. The summed E-state index contributed by atoms with van der Waals surface area (Å²) in [6.45, 7) is 5.63. The fourth-order valence-electron chi connectivity index (χ4n) is 3.45. The molecule has 1 unspecified atom stereocenters. The van der Waals surface area contributed by atoms with E-state index in [0.29, 0.717) is 11.3 Å². The molecule has 3 rings (SSSR count). The Hall–Kier alpha value is -1.03. The Morgan fingerprint density at radius 2 is 2.35 bits per heavy atom. The van der Waals surface area contributed by atoms with Gasteiger partial charge < -0.3 is 10.2 Å². The molecule has 0 amide bonds. The minimum Gasteiger partial charge on any atom is -0.356 e. The van der Waals surface area contributed by atoms with Gasteiger partial charge in [0.1, 0.15) is 0 Å². The highest BCUT2D eigenvalue weighted by molar-refractivity contribution is 7.10. The van der Waals surface area contributed by atoms with Crippen LogP contribution in [-0.2, 0) is 0 Å². The molecule has 2 aliphatic rings. The van der Waals surface area contributed by atoms with Crippen molar-refractivity contribution in [1.82, 2.24) is 10.2 Å². The summed E-state index contributed by atoms with van der Waals surface area (Å²) in [6, 6.07) is 4.35. The molecule has 1 saturated carbocycles. The van der Waals surface area contributed by atoms with Crippen LogP contribution in [0, 0.1) is 5.41 Å². The predicted octanol–water partition coefficient (Wildman–Crippen LogP) is 3.30. The van der Waals surface area contributed by atoms with Crippen LogP contribution in [0.15, 0.2) is 22.5 Å². The van der Waals surface area contributed by atoms with Crippen LogP contribution in [0.25, 0.3) is 0 Å². The van der Waals surface area contributed by atoms with Crippen molar-refractivity contribution in [2.45, 2.75) is 38.5 Å². The van der Waals surface area contributed by atoms with E-state index in [1.165, 1.54) is 43.6 Å². The van der Waals surface area contributed by atoms with Crippen LogP contribution < -0.4 is 5.32 Å². The third-order valence-corrected chi connectivity index (χ3v) is 6.06. The third-order valence-electron chi connectivity index (χ3n) is 4.96. The second kappa shape index (κ2) is 5.76. The first-order valence-corrected chi connectivity index (χ1v) is 8.59. The van der Waals surface area contributed by atoms with Gasteiger partial charge in [0, 0.05) is 37.5 Å². The summed E-state index contributed by atoms with van der Waals surface area (Å²) in [4.78, 5) is 8.39. The van der Waals surface area contributed by atoms with Gasteiger partial charge in [0.25, 0.3) is 0 Å². The molecule has 3 nitrogen and oxygen atoms in total. The van der Waals surface area contributed by atoms with Crippen molar-refractivity contribution in [3.05, 3.63) is 22.4 Å². The minimum atomic E-state index is 0.548. The Labute approximate surface area is 126 Å². The van der Waals surface area contributed by atoms with Crippen LogP contribution in [0.3, 0.4) is 0 Å². The van der Waals surface area contributed by atoms with Crippen LogP contribution in [0.1, 0.15) is 43.4 Å². The Morgan fingerprint density at radius 3 is 2.90 bits per heavy atom. The van der Waals surface area contributed by atoms with Crippen molar-refractivity contribution in [2.24, 2.45) is 10.4 Å². The molecule has 1 spiro atoms. The number of hydrogen-bond acceptors (Lipinski definition) is 2. The Balaban J connectivity index is 1.53. The molecule has 1 aromatic rings. The standard InChI is InChI=1S/C16H25N3S/c1-13(14-5-3-10-20-14)11-18-15(17-2)19-9-8-16(12-19)6-4-7-16/h3,5,10,13H,4,6-9,11-12H2,1-2H3,(H,17,18). The molecule has 1 atom stereocenters. The van der Waals surface area contributed by atoms with Gasteiger partial charge in [0.05, 0.1) is 0 Å². The molecular formula is C16H25N3S. The number of rotatable bonds is 3. The summed E-state index contributed by atoms with van der Waals surface area (Å²) < 4.78 is 0. The molecule has 0 radical (unpaired) electrons. The van der Waals surface area contributed by atoms with E-state index in [-0.39, 0.29) is 0 Å². The lowest BCUT2D eigenvalue weighted by Crippen LogP contribution is -2.43. The zero-order chi connectivity index (χ0) is 14.0. The van der Waals surface area contributed by atoms with Crippen LogP contribution in [0.2, 0.25) is 0 Å². The van der Waals surface area contributed by atoms with E-state index in [1.54, 1.807) is 0 Å². The highest BCUT2D eigenvalue weighted by Gasteiger charge is 2.43. The Kier molecular flexibility index (Phi) is 4.01. The zero-order valence-corrected chi connectivity index (χ0v) is 13.4. The van der Waals surface area contributed by atoms with Crippen LogP contribution >= 0.6 is 11.3 Å². The lowest BCUT2D eigenvalue weighted by atomic mass is 9.68. The molecular weight excluding hydrogens is 266 g/mol. The average molecular weight is 291 g/mol. The van der Waals surface area contributed by atoms with E-state index in [0.717, 1.165) is 12.5 Å². The topological polar surface area (TPSA) is 27.6 Å². The highest BCUT2D eigenvalue weighted by Crippen LogP contribution is 2.47. The molecule has 1 aliphatic carbocycles. The van der Waals surface area contributed by atoms with Crippen molar-refractivity contribution in [2.75, 3.05) is 26.7 Å². The van der Waals surface area contributed by atoms with Crippen molar-refractivity contribution in [3.8, 4) is 0 Å². The molecule has 1 aliphatic heterocycles. The molecule has 0 aromatic carbocycles. The van der Waals surface area contributed by atoms with Gasteiger partial charge in [-0.25, -0.2) is 0 Å². The molecule has 1 aromatic heterocycles. The van der Waals surface area contributed by atoms with E-state index in [4.69, 9.17) is 0 Å². The first-order chi connectivity index (χ1) is 9.72. The highest BCUT2D eigenvalue weighted by atomic mass is 32.1. The number of hydrogen-bond donors (Lipinski definition) is 1. The van der Waals surface area contributed by atoms with Gasteiger partial charge in [0.15, 0.2) is 5.96 Å². The van der Waals surface area contributed by atoms with Crippen LogP contribution in [0.4, 0.5) is 0 Å². The first-order valence-electron chi connectivity index (χ1n) is 7.71. The lowest BCUT2D eigenvalue weighted by Gasteiger charge is -2.38. The van der Waals surface area contributed by atoms with Crippen molar-refractivity contribution >= 4 is 17.3 Å². The van der Waals surface area contributed by atoms with E-state index < -0.39 is 0 Å². The number of thiophene rings is 1. The fourth-order valence-corrected chi connectivity index (χ4v) is 4.24. The summed E-state index contributed by atoms with van der Waals surface area (Å²) in [5.74, 6) is 1.64. The molecule has 4 heteroatoms.